The van der Waals surface area contributed by atoms with E-state index in [-0.39, 0.29) is 5.95 Å². The molecule has 12 nitrogen and oxygen atoms in total. The summed E-state index contributed by atoms with van der Waals surface area (Å²) in [5.41, 5.74) is 1.95. The molecule has 0 fully saturated rings. The maximum absolute atomic E-state index is 13.6. The second-order valence-corrected chi connectivity index (χ2v) is 10.6. The first-order valence-corrected chi connectivity index (χ1v) is 13.2. The number of anilines is 1. The molecular weight excluding hydrogens is 510 g/mol. The van der Waals surface area contributed by atoms with E-state index in [9.17, 15) is 8.42 Å². The zero-order valence-corrected chi connectivity index (χ0v) is 22.7. The van der Waals surface area contributed by atoms with E-state index in [1.165, 1.54) is 33.7 Å². The first-order valence-electron chi connectivity index (χ1n) is 11.7. The summed E-state index contributed by atoms with van der Waals surface area (Å²) in [6.45, 7) is 5.22. The molecule has 0 bridgehead atoms. The van der Waals surface area contributed by atoms with Crippen molar-refractivity contribution in [3.8, 4) is 34.3 Å². The number of nitrogens with one attached hydrogen (secondary N) is 1. The van der Waals surface area contributed by atoms with Crippen molar-refractivity contribution in [1.29, 1.82) is 0 Å². The van der Waals surface area contributed by atoms with Gasteiger partial charge in [-0.15, -0.1) is 10.2 Å². The van der Waals surface area contributed by atoms with Crippen LogP contribution in [0.15, 0.2) is 49.1 Å². The standard InChI is InChI=1S/C25H29N7O5S/c1-15-10-18(12-26-11-15)24-29-30-25(32(24)22-20(36-5)8-7-9-21(22)37-6)31-38(33,34)17(3)16(2)23-27-13-19(35-4)14-28-23/h7-14,16-17H,1-6H3,(H,30,31)/t16-,17-/m0/s1. The number of nitrogens with zero attached hydrogens (tertiary/aromatic N) is 6. The minimum atomic E-state index is -4.00. The van der Waals surface area contributed by atoms with Crippen LogP contribution < -0.4 is 18.9 Å². The lowest BCUT2D eigenvalue weighted by molar-refractivity contribution is 0.391. The van der Waals surface area contributed by atoms with Gasteiger partial charge in [0.2, 0.25) is 16.0 Å². The number of sulfonamides is 1. The van der Waals surface area contributed by atoms with Crippen molar-refractivity contribution >= 4 is 16.0 Å². The van der Waals surface area contributed by atoms with Gasteiger partial charge >= 0.3 is 0 Å². The topological polar surface area (TPSA) is 143 Å². The summed E-state index contributed by atoms with van der Waals surface area (Å²) < 4.78 is 47.6. The van der Waals surface area contributed by atoms with Crippen molar-refractivity contribution in [2.24, 2.45) is 0 Å². The van der Waals surface area contributed by atoms with Gasteiger partial charge in [-0.3, -0.25) is 14.3 Å². The van der Waals surface area contributed by atoms with Gasteiger partial charge in [-0.05, 0) is 37.6 Å². The zero-order valence-electron chi connectivity index (χ0n) is 21.9. The van der Waals surface area contributed by atoms with Crippen LogP contribution in [0.2, 0.25) is 0 Å². The smallest absolute Gasteiger partial charge is 0.243 e. The van der Waals surface area contributed by atoms with Crippen molar-refractivity contribution in [2.45, 2.75) is 31.9 Å². The second kappa shape index (κ2) is 11.0. The molecule has 3 heterocycles. The number of aromatic nitrogens is 6. The highest BCUT2D eigenvalue weighted by Gasteiger charge is 2.32. The minimum absolute atomic E-state index is 0.0426. The first kappa shape index (κ1) is 26.8. The third kappa shape index (κ3) is 5.23. The highest BCUT2D eigenvalue weighted by Crippen LogP contribution is 2.38. The number of para-hydroxylation sites is 1. The summed E-state index contributed by atoms with van der Waals surface area (Å²) in [4.78, 5) is 12.8. The molecule has 2 atom stereocenters. The Labute approximate surface area is 221 Å². The van der Waals surface area contributed by atoms with Gasteiger partial charge in [-0.1, -0.05) is 13.0 Å². The van der Waals surface area contributed by atoms with Gasteiger partial charge < -0.3 is 14.2 Å². The molecule has 0 saturated carbocycles. The SMILES string of the molecule is COc1cnc([C@@H](C)[C@H](C)S(=O)(=O)Nc2nnc(-c3cncc(C)c3)n2-c2c(OC)cccc2OC)nc1. The molecule has 13 heteroatoms. The molecule has 0 saturated heterocycles. The Kier molecular flexibility index (Phi) is 7.76. The van der Waals surface area contributed by atoms with Crippen LogP contribution in [0, 0.1) is 6.92 Å². The van der Waals surface area contributed by atoms with Gasteiger partial charge in [-0.25, -0.2) is 18.4 Å². The largest absolute Gasteiger partial charge is 0.494 e. The van der Waals surface area contributed by atoms with Gasteiger partial charge in [-0.2, -0.15) is 0 Å². The van der Waals surface area contributed by atoms with Crippen molar-refractivity contribution in [3.05, 3.63) is 60.4 Å². The third-order valence-corrected chi connectivity index (χ3v) is 7.99. The van der Waals surface area contributed by atoms with Crippen LogP contribution in [0.4, 0.5) is 5.95 Å². The molecule has 3 aromatic heterocycles. The van der Waals surface area contributed by atoms with Crippen LogP contribution in [-0.4, -0.2) is 64.7 Å². The van der Waals surface area contributed by atoms with Crippen molar-refractivity contribution < 1.29 is 22.6 Å². The molecule has 0 amide bonds. The summed E-state index contributed by atoms with van der Waals surface area (Å²) in [5, 5.41) is 7.60. The lowest BCUT2D eigenvalue weighted by Crippen LogP contribution is -2.31. The number of ether oxygens (including phenoxy) is 3. The molecule has 0 spiro atoms. The number of methoxy groups -OCH3 is 3. The van der Waals surface area contributed by atoms with Crippen LogP contribution in [0.25, 0.3) is 17.1 Å². The highest BCUT2D eigenvalue weighted by atomic mass is 32.2. The summed E-state index contributed by atoms with van der Waals surface area (Å²) in [6, 6.07) is 7.11. The zero-order chi connectivity index (χ0) is 27.4. The number of hydrogen-bond donors (Lipinski definition) is 1. The second-order valence-electron chi connectivity index (χ2n) is 8.57. The molecule has 38 heavy (non-hydrogen) atoms. The first-order chi connectivity index (χ1) is 18.2. The van der Waals surface area contributed by atoms with E-state index in [1.54, 1.807) is 49.0 Å². The number of aryl methyl sites for hydroxylation is 1. The van der Waals surface area contributed by atoms with E-state index in [1.807, 2.05) is 13.0 Å². The van der Waals surface area contributed by atoms with E-state index < -0.39 is 21.2 Å². The van der Waals surface area contributed by atoms with Gasteiger partial charge in [0, 0.05) is 23.9 Å². The van der Waals surface area contributed by atoms with Crippen LogP contribution in [0.3, 0.4) is 0 Å². The Hall–Kier alpha value is -4.26. The monoisotopic (exact) mass is 539 g/mol. The predicted octanol–water partition coefficient (Wildman–Crippen LogP) is 3.39. The maximum atomic E-state index is 13.6. The molecule has 200 valence electrons. The number of benzene rings is 1. The van der Waals surface area contributed by atoms with Crippen molar-refractivity contribution in [3.63, 3.8) is 0 Å². The van der Waals surface area contributed by atoms with E-state index in [0.29, 0.717) is 40.1 Å². The Morgan fingerprint density at radius 3 is 2.16 bits per heavy atom. The Morgan fingerprint density at radius 1 is 0.921 bits per heavy atom. The Bertz CT molecular complexity index is 1500. The lowest BCUT2D eigenvalue weighted by atomic mass is 10.1. The fraction of sp³-hybridized carbons (Fsp3) is 0.320. The number of hydrogen-bond acceptors (Lipinski definition) is 10. The van der Waals surface area contributed by atoms with Crippen LogP contribution in [0.1, 0.15) is 31.2 Å². The van der Waals surface area contributed by atoms with Gasteiger partial charge in [0.1, 0.15) is 23.0 Å². The van der Waals surface area contributed by atoms with Crippen molar-refractivity contribution in [2.75, 3.05) is 26.1 Å². The van der Waals surface area contributed by atoms with Gasteiger partial charge in [0.25, 0.3) is 0 Å². The quantitative estimate of drug-likeness (QED) is 0.318. The molecule has 4 aromatic rings. The fourth-order valence-corrected chi connectivity index (χ4v) is 5.08. The molecule has 1 N–H and O–H groups in total. The third-order valence-electron chi connectivity index (χ3n) is 6.14. The molecule has 0 unspecified atom stereocenters. The fourth-order valence-electron chi connectivity index (χ4n) is 3.84. The molecule has 0 radical (unpaired) electrons. The summed E-state index contributed by atoms with van der Waals surface area (Å²) in [7, 11) is 0.528. The van der Waals surface area contributed by atoms with Crippen LogP contribution in [-0.2, 0) is 10.0 Å². The summed E-state index contributed by atoms with van der Waals surface area (Å²) in [6.07, 6.45) is 6.33. The van der Waals surface area contributed by atoms with E-state index in [0.717, 1.165) is 5.56 Å². The van der Waals surface area contributed by atoms with Crippen LogP contribution >= 0.6 is 0 Å². The normalized spacial score (nSPS) is 13.0. The number of rotatable bonds is 10. The minimum Gasteiger partial charge on any atom is -0.494 e. The number of pyridine rings is 1. The van der Waals surface area contributed by atoms with Gasteiger partial charge in [0.15, 0.2) is 11.6 Å². The molecule has 0 aliphatic rings. The van der Waals surface area contributed by atoms with Crippen molar-refractivity contribution in [1.82, 2.24) is 29.7 Å². The predicted molar refractivity (Wildman–Crippen MR) is 141 cm³/mol. The molecule has 0 aliphatic carbocycles. The van der Waals surface area contributed by atoms with Gasteiger partial charge in [0.05, 0.1) is 39.0 Å². The molecule has 4 rings (SSSR count). The summed E-state index contributed by atoms with van der Waals surface area (Å²) >= 11 is 0. The van der Waals surface area contributed by atoms with E-state index in [2.05, 4.69) is 29.9 Å². The Balaban J connectivity index is 1.81. The highest BCUT2D eigenvalue weighted by molar-refractivity contribution is 7.93. The maximum Gasteiger partial charge on any atom is 0.243 e. The molecule has 1 aromatic carbocycles. The molecular formula is C25H29N7O5S. The average Bonchev–Trinajstić information content (AvgIpc) is 3.33. The van der Waals surface area contributed by atoms with E-state index in [4.69, 9.17) is 14.2 Å². The summed E-state index contributed by atoms with van der Waals surface area (Å²) in [5.74, 6) is 1.46. The lowest BCUT2D eigenvalue weighted by Gasteiger charge is -2.21. The molecule has 0 aliphatic heterocycles. The van der Waals surface area contributed by atoms with E-state index >= 15 is 0 Å². The van der Waals surface area contributed by atoms with Crippen LogP contribution in [0.5, 0.6) is 17.2 Å². The Morgan fingerprint density at radius 2 is 1.58 bits per heavy atom. The average molecular weight is 540 g/mol.